The molecule has 0 fully saturated rings. The molecule has 1 atom stereocenters. The van der Waals surface area contributed by atoms with Gasteiger partial charge in [0.2, 0.25) is 0 Å². The normalized spacial score (nSPS) is 12.5. The zero-order chi connectivity index (χ0) is 13.8. The predicted molar refractivity (Wildman–Crippen MR) is 68.3 cm³/mol. The highest BCUT2D eigenvalue weighted by Crippen LogP contribution is 2.26. The van der Waals surface area contributed by atoms with Gasteiger partial charge in [-0.3, -0.25) is 0 Å². The van der Waals surface area contributed by atoms with E-state index in [1.807, 2.05) is 25.1 Å². The molecule has 0 bridgehead atoms. The molecule has 1 unspecified atom stereocenters. The Labute approximate surface area is 110 Å². The van der Waals surface area contributed by atoms with Crippen molar-refractivity contribution in [1.82, 2.24) is 0 Å². The fourth-order valence-electron chi connectivity index (χ4n) is 1.89. The van der Waals surface area contributed by atoms with Crippen molar-refractivity contribution in [3.05, 3.63) is 65.2 Å². The summed E-state index contributed by atoms with van der Waals surface area (Å²) in [5.74, 6) is 0.0409. The Bertz CT molecular complexity index is 555. The van der Waals surface area contributed by atoms with Crippen molar-refractivity contribution in [2.24, 2.45) is 0 Å². The molecule has 2 aromatic rings. The topological polar surface area (TPSA) is 29.5 Å². The number of aliphatic hydroxyl groups excluding tert-OH is 1. The summed E-state index contributed by atoms with van der Waals surface area (Å²) in [6, 6.07) is 13.5. The molecule has 2 rings (SSSR count). The van der Waals surface area contributed by atoms with Crippen LogP contribution in [-0.2, 0) is 0 Å². The second-order valence-electron chi connectivity index (χ2n) is 4.27. The molecule has 0 heterocycles. The van der Waals surface area contributed by atoms with E-state index in [9.17, 15) is 13.9 Å². The lowest BCUT2D eigenvalue weighted by molar-refractivity contribution is -0.0499. The van der Waals surface area contributed by atoms with Gasteiger partial charge >= 0.3 is 6.61 Å². The van der Waals surface area contributed by atoms with Crippen LogP contribution in [0, 0.1) is 6.92 Å². The summed E-state index contributed by atoms with van der Waals surface area (Å²) in [4.78, 5) is 0. The van der Waals surface area contributed by atoms with Gasteiger partial charge in [0.05, 0.1) is 0 Å². The van der Waals surface area contributed by atoms with Crippen LogP contribution in [0.3, 0.4) is 0 Å². The Hall–Kier alpha value is -1.94. The summed E-state index contributed by atoms with van der Waals surface area (Å²) in [7, 11) is 0. The van der Waals surface area contributed by atoms with Crippen LogP contribution in [0.2, 0.25) is 0 Å². The van der Waals surface area contributed by atoms with Crippen LogP contribution >= 0.6 is 0 Å². The predicted octanol–water partition coefficient (Wildman–Crippen LogP) is 3.68. The van der Waals surface area contributed by atoms with Crippen LogP contribution in [0.25, 0.3) is 0 Å². The second kappa shape index (κ2) is 5.80. The van der Waals surface area contributed by atoms with Gasteiger partial charge in [0.25, 0.3) is 0 Å². The molecule has 0 radical (unpaired) electrons. The Morgan fingerprint density at radius 3 is 2.26 bits per heavy atom. The summed E-state index contributed by atoms with van der Waals surface area (Å²) in [6.45, 7) is -0.946. The van der Waals surface area contributed by atoms with E-state index in [4.69, 9.17) is 0 Å². The fraction of sp³-hybridized carbons (Fsp3) is 0.200. The second-order valence-corrected chi connectivity index (χ2v) is 4.27. The van der Waals surface area contributed by atoms with Crippen molar-refractivity contribution in [2.45, 2.75) is 19.6 Å². The Kier molecular flexibility index (Phi) is 4.12. The highest BCUT2D eigenvalue weighted by Gasteiger charge is 2.12. The maximum absolute atomic E-state index is 12.1. The third-order valence-corrected chi connectivity index (χ3v) is 2.76. The molecule has 19 heavy (non-hydrogen) atoms. The average molecular weight is 264 g/mol. The summed E-state index contributed by atoms with van der Waals surface area (Å²) >= 11 is 0. The van der Waals surface area contributed by atoms with Gasteiger partial charge in [0, 0.05) is 0 Å². The number of rotatable bonds is 4. The smallest absolute Gasteiger partial charge is 0.387 e. The molecule has 100 valence electrons. The zero-order valence-electron chi connectivity index (χ0n) is 10.4. The van der Waals surface area contributed by atoms with Gasteiger partial charge in [-0.15, -0.1) is 0 Å². The van der Waals surface area contributed by atoms with Crippen molar-refractivity contribution in [2.75, 3.05) is 0 Å². The van der Waals surface area contributed by atoms with E-state index in [2.05, 4.69) is 4.74 Å². The minimum atomic E-state index is -2.87. The number of hydrogen-bond donors (Lipinski definition) is 1. The quantitative estimate of drug-likeness (QED) is 0.912. The molecule has 0 saturated carbocycles. The van der Waals surface area contributed by atoms with Crippen molar-refractivity contribution < 1.29 is 18.6 Å². The molecule has 0 spiro atoms. The molecule has 0 aliphatic heterocycles. The monoisotopic (exact) mass is 264 g/mol. The molecule has 0 aliphatic carbocycles. The molecule has 2 nitrogen and oxygen atoms in total. The molecule has 0 amide bonds. The lowest BCUT2D eigenvalue weighted by Gasteiger charge is -2.13. The number of halogens is 2. The van der Waals surface area contributed by atoms with E-state index in [-0.39, 0.29) is 5.75 Å². The molecular weight excluding hydrogens is 250 g/mol. The molecule has 0 saturated heterocycles. The van der Waals surface area contributed by atoms with Gasteiger partial charge in [-0.2, -0.15) is 8.78 Å². The van der Waals surface area contributed by atoms with Gasteiger partial charge in [0.15, 0.2) is 0 Å². The first-order chi connectivity index (χ1) is 9.06. The number of benzene rings is 2. The first kappa shape index (κ1) is 13.5. The highest BCUT2D eigenvalue weighted by atomic mass is 19.3. The first-order valence-corrected chi connectivity index (χ1v) is 5.85. The number of aliphatic hydroxyl groups is 1. The van der Waals surface area contributed by atoms with E-state index in [0.29, 0.717) is 11.1 Å². The lowest BCUT2D eigenvalue weighted by atomic mass is 10.00. The Morgan fingerprint density at radius 1 is 1.00 bits per heavy atom. The van der Waals surface area contributed by atoms with E-state index in [0.717, 1.165) is 5.56 Å². The summed E-state index contributed by atoms with van der Waals surface area (Å²) in [5.41, 5.74) is 2.26. The Morgan fingerprint density at radius 2 is 1.63 bits per heavy atom. The largest absolute Gasteiger partial charge is 0.435 e. The van der Waals surface area contributed by atoms with Crippen LogP contribution in [0.15, 0.2) is 48.5 Å². The lowest BCUT2D eigenvalue weighted by Crippen LogP contribution is -2.04. The Balaban J connectivity index is 2.26. The summed E-state index contributed by atoms with van der Waals surface area (Å²) < 4.78 is 28.6. The van der Waals surface area contributed by atoms with Gasteiger partial charge < -0.3 is 9.84 Å². The molecular formula is C15H14F2O2. The van der Waals surface area contributed by atoms with Crippen LogP contribution in [-0.4, -0.2) is 11.7 Å². The summed E-state index contributed by atoms with van der Waals surface area (Å²) in [5, 5.41) is 10.2. The van der Waals surface area contributed by atoms with Gasteiger partial charge in [0.1, 0.15) is 11.9 Å². The van der Waals surface area contributed by atoms with Crippen LogP contribution in [0.1, 0.15) is 22.8 Å². The molecule has 0 aromatic heterocycles. The number of alkyl halides is 2. The highest BCUT2D eigenvalue weighted by molar-refractivity contribution is 5.36. The number of ether oxygens (including phenoxy) is 1. The molecule has 1 N–H and O–H groups in total. The van der Waals surface area contributed by atoms with E-state index >= 15 is 0 Å². The minimum absolute atomic E-state index is 0.0409. The van der Waals surface area contributed by atoms with Crippen LogP contribution < -0.4 is 4.74 Å². The fourth-order valence-corrected chi connectivity index (χ4v) is 1.89. The third kappa shape index (κ3) is 3.51. The standard InChI is InChI=1S/C15H14F2O2/c1-10-4-2-5-11(8-10)14(18)12-6-3-7-13(9-12)19-15(16)17/h2-9,14-15,18H,1H3. The van der Waals surface area contributed by atoms with Crippen LogP contribution in [0.5, 0.6) is 5.75 Å². The molecule has 2 aromatic carbocycles. The maximum Gasteiger partial charge on any atom is 0.387 e. The van der Waals surface area contributed by atoms with Crippen molar-refractivity contribution in [3.8, 4) is 5.75 Å². The summed E-state index contributed by atoms with van der Waals surface area (Å²) in [6.07, 6.45) is -0.860. The van der Waals surface area contributed by atoms with E-state index in [1.54, 1.807) is 18.2 Å². The SMILES string of the molecule is Cc1cccc(C(O)c2cccc(OC(F)F)c2)c1. The van der Waals surface area contributed by atoms with Gasteiger partial charge in [-0.05, 0) is 30.2 Å². The molecule has 4 heteroatoms. The van der Waals surface area contributed by atoms with Gasteiger partial charge in [-0.1, -0.05) is 42.0 Å². The van der Waals surface area contributed by atoms with E-state index < -0.39 is 12.7 Å². The first-order valence-electron chi connectivity index (χ1n) is 5.85. The van der Waals surface area contributed by atoms with E-state index in [1.165, 1.54) is 12.1 Å². The number of aryl methyl sites for hydroxylation is 1. The third-order valence-electron chi connectivity index (χ3n) is 2.76. The molecule has 0 aliphatic rings. The van der Waals surface area contributed by atoms with Crippen molar-refractivity contribution >= 4 is 0 Å². The van der Waals surface area contributed by atoms with Crippen molar-refractivity contribution in [3.63, 3.8) is 0 Å². The minimum Gasteiger partial charge on any atom is -0.435 e. The van der Waals surface area contributed by atoms with Gasteiger partial charge in [-0.25, -0.2) is 0 Å². The average Bonchev–Trinajstić information content (AvgIpc) is 2.37. The maximum atomic E-state index is 12.1. The zero-order valence-corrected chi connectivity index (χ0v) is 10.4. The van der Waals surface area contributed by atoms with Crippen LogP contribution in [0.4, 0.5) is 8.78 Å². The van der Waals surface area contributed by atoms with Crippen molar-refractivity contribution in [1.29, 1.82) is 0 Å². The number of hydrogen-bond acceptors (Lipinski definition) is 2.